The third-order valence-electron chi connectivity index (χ3n) is 4.83. The summed E-state index contributed by atoms with van der Waals surface area (Å²) in [5.74, 6) is -1.85. The molecule has 9 heteroatoms. The molecule has 0 aliphatic carbocycles. The van der Waals surface area contributed by atoms with E-state index >= 15 is 0 Å². The van der Waals surface area contributed by atoms with Crippen LogP contribution >= 0.6 is 0 Å². The minimum Gasteiger partial charge on any atom is -0.505 e. The van der Waals surface area contributed by atoms with Gasteiger partial charge in [0.15, 0.2) is 5.69 Å². The molecule has 3 N–H and O–H groups in total. The Kier molecular flexibility index (Phi) is 6.58. The van der Waals surface area contributed by atoms with Crippen molar-refractivity contribution in [2.45, 2.75) is 13.3 Å². The maximum Gasteiger partial charge on any atom is 0.326 e. The van der Waals surface area contributed by atoms with Gasteiger partial charge >= 0.3 is 12.0 Å². The number of pyridine rings is 1. The molecule has 0 bridgehead atoms. The molecule has 0 aliphatic heterocycles. The van der Waals surface area contributed by atoms with Gasteiger partial charge in [0.2, 0.25) is 0 Å². The minimum absolute atomic E-state index is 0.171. The lowest BCUT2D eigenvalue weighted by molar-refractivity contribution is -0.136. The first-order chi connectivity index (χ1) is 15.2. The predicted octanol–water partition coefficient (Wildman–Crippen LogP) is 3.53. The number of aryl methyl sites for hydroxylation is 2. The quantitative estimate of drug-likeness (QED) is 0.544. The topological polar surface area (TPSA) is 112 Å². The highest BCUT2D eigenvalue weighted by atomic mass is 19.1. The Labute approximate surface area is 183 Å². The van der Waals surface area contributed by atoms with Crippen molar-refractivity contribution in [2.24, 2.45) is 7.05 Å². The van der Waals surface area contributed by atoms with Crippen LogP contribution in [0.25, 0.3) is 11.1 Å². The van der Waals surface area contributed by atoms with E-state index in [-0.39, 0.29) is 30.1 Å². The van der Waals surface area contributed by atoms with Gasteiger partial charge in [-0.25, -0.2) is 9.18 Å². The molecule has 0 fully saturated rings. The second-order valence-corrected chi connectivity index (χ2v) is 7.19. The molecule has 0 unspecified atom stereocenters. The highest BCUT2D eigenvalue weighted by molar-refractivity contribution is 6.01. The molecule has 0 radical (unpaired) electrons. The summed E-state index contributed by atoms with van der Waals surface area (Å²) in [5.41, 5.74) is 1.08. The summed E-state index contributed by atoms with van der Waals surface area (Å²) in [4.78, 5) is 37.8. The second kappa shape index (κ2) is 9.34. The third kappa shape index (κ3) is 4.77. The van der Waals surface area contributed by atoms with Gasteiger partial charge in [-0.15, -0.1) is 0 Å². The van der Waals surface area contributed by atoms with Crippen LogP contribution in [-0.4, -0.2) is 33.3 Å². The minimum atomic E-state index is -1.09. The first kappa shape index (κ1) is 22.5. The van der Waals surface area contributed by atoms with E-state index in [1.54, 1.807) is 43.3 Å². The van der Waals surface area contributed by atoms with Crippen LogP contribution in [0.1, 0.15) is 12.0 Å². The fraction of sp³-hybridized carbons (Fsp3) is 0.174. The van der Waals surface area contributed by atoms with Crippen LogP contribution in [0.2, 0.25) is 0 Å². The zero-order valence-corrected chi connectivity index (χ0v) is 17.5. The standard InChI is InChI=1S/C23H22FN3O5/c1-14-13-26(2)22(31)20(21(14)30)27(23(32)25-11-10-19(28)29)18-5-3-4-16(12-18)15-6-8-17(24)9-7-15/h3-9,12-13,30H,10-11H2,1-2H3,(H,25,32)(H,28,29). The molecule has 0 saturated heterocycles. The van der Waals surface area contributed by atoms with Crippen LogP contribution < -0.4 is 15.8 Å². The van der Waals surface area contributed by atoms with Crippen LogP contribution in [-0.2, 0) is 11.8 Å². The van der Waals surface area contributed by atoms with E-state index < -0.39 is 23.4 Å². The van der Waals surface area contributed by atoms with Crippen LogP contribution in [0.15, 0.2) is 59.5 Å². The largest absolute Gasteiger partial charge is 0.505 e. The van der Waals surface area contributed by atoms with E-state index in [4.69, 9.17) is 5.11 Å². The average molecular weight is 439 g/mol. The van der Waals surface area contributed by atoms with Gasteiger partial charge in [0.05, 0.1) is 12.1 Å². The molecule has 0 atom stereocenters. The number of urea groups is 1. The number of halogens is 1. The Balaban J connectivity index is 2.13. The molecule has 0 spiro atoms. The molecule has 2 aromatic carbocycles. The fourth-order valence-corrected chi connectivity index (χ4v) is 3.24. The Bertz CT molecular complexity index is 1220. The van der Waals surface area contributed by atoms with Gasteiger partial charge in [-0.1, -0.05) is 24.3 Å². The molecule has 32 heavy (non-hydrogen) atoms. The molecule has 1 heterocycles. The number of hydrogen-bond acceptors (Lipinski definition) is 4. The highest BCUT2D eigenvalue weighted by Crippen LogP contribution is 2.34. The number of benzene rings is 2. The Morgan fingerprint density at radius 2 is 1.81 bits per heavy atom. The summed E-state index contributed by atoms with van der Waals surface area (Å²) in [5, 5.41) is 22.0. The summed E-state index contributed by atoms with van der Waals surface area (Å²) in [6, 6.07) is 11.6. The summed E-state index contributed by atoms with van der Waals surface area (Å²) >= 11 is 0. The number of aliphatic carboxylic acids is 1. The van der Waals surface area contributed by atoms with E-state index in [1.165, 1.54) is 29.9 Å². The second-order valence-electron chi connectivity index (χ2n) is 7.19. The summed E-state index contributed by atoms with van der Waals surface area (Å²) in [6.45, 7) is 1.42. The van der Waals surface area contributed by atoms with Gasteiger partial charge in [-0.05, 0) is 42.3 Å². The lowest BCUT2D eigenvalue weighted by Crippen LogP contribution is -2.41. The number of aromatic hydroxyl groups is 1. The van der Waals surface area contributed by atoms with Crippen LogP contribution in [0.4, 0.5) is 20.6 Å². The van der Waals surface area contributed by atoms with Crippen molar-refractivity contribution < 1.29 is 24.2 Å². The Morgan fingerprint density at radius 1 is 1.12 bits per heavy atom. The Morgan fingerprint density at radius 3 is 2.47 bits per heavy atom. The number of anilines is 2. The molecule has 166 valence electrons. The van der Waals surface area contributed by atoms with Crippen molar-refractivity contribution >= 4 is 23.4 Å². The normalized spacial score (nSPS) is 10.6. The van der Waals surface area contributed by atoms with Crippen LogP contribution in [0, 0.1) is 12.7 Å². The predicted molar refractivity (Wildman–Crippen MR) is 118 cm³/mol. The highest BCUT2D eigenvalue weighted by Gasteiger charge is 2.26. The number of carbonyl (C=O) groups is 2. The van der Waals surface area contributed by atoms with Gasteiger partial charge in [0, 0.05) is 25.4 Å². The maximum atomic E-state index is 13.3. The Hall–Kier alpha value is -4.14. The molecule has 2 amide bonds. The number of carboxylic acids is 1. The van der Waals surface area contributed by atoms with Gasteiger partial charge < -0.3 is 20.1 Å². The number of rotatable bonds is 6. The van der Waals surface area contributed by atoms with E-state index in [9.17, 15) is 23.9 Å². The number of carbonyl (C=O) groups excluding carboxylic acids is 1. The van der Waals surface area contributed by atoms with E-state index in [0.717, 1.165) is 4.90 Å². The van der Waals surface area contributed by atoms with Crippen molar-refractivity contribution in [2.75, 3.05) is 11.4 Å². The van der Waals surface area contributed by atoms with Gasteiger partial charge in [0.25, 0.3) is 5.56 Å². The van der Waals surface area contributed by atoms with Crippen molar-refractivity contribution in [1.29, 1.82) is 0 Å². The SMILES string of the molecule is Cc1cn(C)c(=O)c(N(C(=O)NCCC(=O)O)c2cccc(-c3ccc(F)cc3)c2)c1O. The van der Waals surface area contributed by atoms with Gasteiger partial charge in [-0.3, -0.25) is 14.5 Å². The zero-order valence-electron chi connectivity index (χ0n) is 17.5. The van der Waals surface area contributed by atoms with Gasteiger partial charge in [0.1, 0.15) is 11.6 Å². The van der Waals surface area contributed by atoms with Crippen molar-refractivity contribution in [1.82, 2.24) is 9.88 Å². The number of amides is 2. The average Bonchev–Trinajstić information content (AvgIpc) is 2.75. The molecule has 8 nitrogen and oxygen atoms in total. The molecule has 3 aromatic rings. The van der Waals surface area contributed by atoms with E-state index in [1.807, 2.05) is 0 Å². The lowest BCUT2D eigenvalue weighted by atomic mass is 10.0. The number of aromatic nitrogens is 1. The van der Waals surface area contributed by atoms with Crippen molar-refractivity contribution in [3.63, 3.8) is 0 Å². The monoisotopic (exact) mass is 439 g/mol. The number of nitrogens with one attached hydrogen (secondary N) is 1. The van der Waals surface area contributed by atoms with Gasteiger partial charge in [-0.2, -0.15) is 0 Å². The zero-order chi connectivity index (χ0) is 23.4. The van der Waals surface area contributed by atoms with E-state index in [0.29, 0.717) is 16.7 Å². The summed E-state index contributed by atoms with van der Waals surface area (Å²) in [6.07, 6.45) is 1.13. The van der Waals surface area contributed by atoms with E-state index in [2.05, 4.69) is 5.32 Å². The third-order valence-corrected chi connectivity index (χ3v) is 4.83. The summed E-state index contributed by atoms with van der Waals surface area (Å²) < 4.78 is 14.6. The number of hydrogen-bond donors (Lipinski definition) is 3. The van der Waals surface area contributed by atoms with Crippen molar-refractivity contribution in [3.8, 4) is 16.9 Å². The number of carboxylic acid groups (broad SMARTS) is 1. The summed E-state index contributed by atoms with van der Waals surface area (Å²) in [7, 11) is 1.49. The lowest BCUT2D eigenvalue weighted by Gasteiger charge is -2.25. The molecular formula is C23H22FN3O5. The molecule has 3 rings (SSSR count). The molecular weight excluding hydrogens is 417 g/mol. The molecule has 0 aliphatic rings. The maximum absolute atomic E-state index is 13.3. The molecule has 1 aromatic heterocycles. The number of nitrogens with zero attached hydrogens (tertiary/aromatic N) is 2. The van der Waals surface area contributed by atoms with Crippen LogP contribution in [0.5, 0.6) is 5.75 Å². The fourth-order valence-electron chi connectivity index (χ4n) is 3.24. The first-order valence-corrected chi connectivity index (χ1v) is 9.74. The molecule has 0 saturated carbocycles. The smallest absolute Gasteiger partial charge is 0.326 e. The van der Waals surface area contributed by atoms with Crippen molar-refractivity contribution in [3.05, 3.63) is 76.5 Å². The first-order valence-electron chi connectivity index (χ1n) is 9.74. The van der Waals surface area contributed by atoms with Crippen LogP contribution in [0.3, 0.4) is 0 Å².